The summed E-state index contributed by atoms with van der Waals surface area (Å²) < 4.78 is 18.3. The Morgan fingerprint density at radius 1 is 1.25 bits per heavy atom. The molecule has 1 amide bonds. The van der Waals surface area contributed by atoms with Crippen molar-refractivity contribution < 1.29 is 23.8 Å². The number of benzene rings is 2. The highest BCUT2D eigenvalue weighted by atomic mass is 32.2. The highest BCUT2D eigenvalue weighted by molar-refractivity contribution is 8.09. The normalized spacial score (nSPS) is 16.4. The molecular weight excluding hydrogens is 528 g/mol. The van der Waals surface area contributed by atoms with E-state index in [1.807, 2.05) is 60.9 Å². The van der Waals surface area contributed by atoms with Crippen LogP contribution in [0.1, 0.15) is 75.8 Å². The van der Waals surface area contributed by atoms with Gasteiger partial charge in [0.1, 0.15) is 24.0 Å². The van der Waals surface area contributed by atoms with E-state index < -0.39 is 17.7 Å². The summed E-state index contributed by atoms with van der Waals surface area (Å²) >= 11 is 1.52. The van der Waals surface area contributed by atoms with Crippen LogP contribution in [0.3, 0.4) is 0 Å². The molecule has 1 aliphatic carbocycles. The van der Waals surface area contributed by atoms with Crippen molar-refractivity contribution in [2.75, 3.05) is 18.1 Å². The summed E-state index contributed by atoms with van der Waals surface area (Å²) in [5.41, 5.74) is 7.08. The maximum atomic E-state index is 13.2. The Bertz CT molecular complexity index is 1340. The van der Waals surface area contributed by atoms with E-state index >= 15 is 0 Å². The van der Waals surface area contributed by atoms with Crippen molar-refractivity contribution in [1.82, 2.24) is 10.3 Å². The molecule has 0 saturated carbocycles. The summed E-state index contributed by atoms with van der Waals surface area (Å²) in [6.45, 7) is 9.08. The van der Waals surface area contributed by atoms with Gasteiger partial charge in [-0.1, -0.05) is 12.1 Å². The van der Waals surface area contributed by atoms with Gasteiger partial charge < -0.3 is 14.2 Å². The third-order valence-electron chi connectivity index (χ3n) is 6.45. The van der Waals surface area contributed by atoms with Crippen molar-refractivity contribution in [2.45, 2.75) is 71.6 Å². The number of amides is 1. The van der Waals surface area contributed by atoms with Gasteiger partial charge in [-0.05, 0) is 94.8 Å². The number of esters is 1. The first-order chi connectivity index (χ1) is 19.0. The molecule has 9 nitrogen and oxygen atoms in total. The van der Waals surface area contributed by atoms with Gasteiger partial charge in [0.15, 0.2) is 0 Å². The fourth-order valence-corrected chi connectivity index (χ4v) is 5.70. The van der Waals surface area contributed by atoms with E-state index in [1.165, 1.54) is 24.0 Å². The van der Waals surface area contributed by atoms with E-state index in [2.05, 4.69) is 11.5 Å². The summed E-state index contributed by atoms with van der Waals surface area (Å²) in [5.74, 6) is 0.0700. The predicted molar refractivity (Wildman–Crippen MR) is 155 cm³/mol. The van der Waals surface area contributed by atoms with E-state index in [9.17, 15) is 14.9 Å². The number of hydrogen-bond acceptors (Lipinski definition) is 9. The number of carbonyl (C=O) groups excluding carboxylic acids is 2. The van der Waals surface area contributed by atoms with Gasteiger partial charge in [0.2, 0.25) is 0 Å². The maximum absolute atomic E-state index is 13.2. The number of ether oxygens (including phenoxy) is 3. The van der Waals surface area contributed by atoms with Crippen molar-refractivity contribution in [2.24, 2.45) is 0 Å². The SMILES string of the molecule is COC(=O)CN(C(=O)OC(C)(C)C)[C@@H]1CCCc2c1cccc2N1NC=C(c2ccc(OC(C)C)c(C#N)c2)S1. The quantitative estimate of drug-likeness (QED) is 0.315. The monoisotopic (exact) mass is 564 g/mol. The number of methoxy groups -OCH3 is 1. The molecular formula is C30H36N4O5S. The Hall–Kier alpha value is -3.84. The number of nitrogens with one attached hydrogen (secondary N) is 1. The zero-order valence-electron chi connectivity index (χ0n) is 23.8. The molecule has 2 aromatic rings. The zero-order chi connectivity index (χ0) is 29.0. The Morgan fingerprint density at radius 3 is 2.70 bits per heavy atom. The van der Waals surface area contributed by atoms with Crippen LogP contribution in [0.2, 0.25) is 0 Å². The molecule has 10 heteroatoms. The lowest BCUT2D eigenvalue weighted by molar-refractivity contribution is -0.142. The molecule has 4 rings (SSSR count). The molecule has 0 unspecified atom stereocenters. The van der Waals surface area contributed by atoms with Crippen molar-refractivity contribution in [3.8, 4) is 11.8 Å². The van der Waals surface area contributed by atoms with Gasteiger partial charge in [-0.25, -0.2) is 9.21 Å². The van der Waals surface area contributed by atoms with E-state index in [0.717, 1.165) is 40.1 Å². The molecule has 0 saturated heterocycles. The van der Waals surface area contributed by atoms with Gasteiger partial charge in [-0.15, -0.1) is 0 Å². The van der Waals surface area contributed by atoms with E-state index in [4.69, 9.17) is 14.2 Å². The van der Waals surface area contributed by atoms with Crippen LogP contribution in [0.25, 0.3) is 4.91 Å². The smallest absolute Gasteiger partial charge is 0.411 e. The van der Waals surface area contributed by atoms with Crippen LogP contribution in [-0.4, -0.2) is 42.3 Å². The van der Waals surface area contributed by atoms with Gasteiger partial charge in [0, 0.05) is 18.1 Å². The Morgan fingerprint density at radius 2 is 2.02 bits per heavy atom. The summed E-state index contributed by atoms with van der Waals surface area (Å²) in [6, 6.07) is 13.5. The Labute approximate surface area is 240 Å². The van der Waals surface area contributed by atoms with Gasteiger partial charge in [-0.2, -0.15) is 5.26 Å². The summed E-state index contributed by atoms with van der Waals surface area (Å²) in [7, 11) is 1.31. The predicted octanol–water partition coefficient (Wildman–Crippen LogP) is 6.10. The standard InChI is InChI=1S/C30H36N4O5S/c1-19(2)38-26-14-13-20(15-21(26)16-31)27-17-32-34(40-27)25-12-8-9-22-23(25)10-7-11-24(22)33(18-28(35)37-6)29(36)39-30(3,4)5/h8-9,12-15,17,19,24,32H,7,10-11,18H2,1-6H3/t24-/m1/s1. The lowest BCUT2D eigenvalue weighted by Gasteiger charge is -2.37. The molecule has 2 aliphatic rings. The van der Waals surface area contributed by atoms with Crippen LogP contribution in [-0.2, 0) is 20.7 Å². The molecule has 40 heavy (non-hydrogen) atoms. The third-order valence-corrected chi connectivity index (χ3v) is 7.49. The minimum absolute atomic E-state index is 0.0258. The number of hydrogen-bond donors (Lipinski definition) is 1. The van der Waals surface area contributed by atoms with Crippen molar-refractivity contribution in [3.05, 3.63) is 64.9 Å². The number of hydrazine groups is 1. The molecule has 0 spiro atoms. The Balaban J connectivity index is 1.60. The van der Waals surface area contributed by atoms with Crippen molar-refractivity contribution in [3.63, 3.8) is 0 Å². The van der Waals surface area contributed by atoms with Gasteiger partial charge in [-0.3, -0.25) is 15.1 Å². The Kier molecular flexibility index (Phi) is 8.84. The number of anilines is 1. The first-order valence-electron chi connectivity index (χ1n) is 13.3. The van der Waals surface area contributed by atoms with Gasteiger partial charge in [0.05, 0.1) is 35.4 Å². The highest BCUT2D eigenvalue weighted by Gasteiger charge is 2.35. The maximum Gasteiger partial charge on any atom is 0.411 e. The summed E-state index contributed by atoms with van der Waals surface area (Å²) in [6.07, 6.45) is 3.72. The molecule has 1 aliphatic heterocycles. The fourth-order valence-electron chi connectivity index (χ4n) is 4.79. The van der Waals surface area contributed by atoms with Gasteiger partial charge in [0.25, 0.3) is 0 Å². The van der Waals surface area contributed by atoms with E-state index in [0.29, 0.717) is 17.7 Å². The third kappa shape index (κ3) is 6.65. The molecule has 0 bridgehead atoms. The van der Waals surface area contributed by atoms with E-state index in [1.54, 1.807) is 20.8 Å². The van der Waals surface area contributed by atoms with Gasteiger partial charge >= 0.3 is 12.1 Å². The number of carbonyl (C=O) groups is 2. The summed E-state index contributed by atoms with van der Waals surface area (Å²) in [4.78, 5) is 27.9. The molecule has 1 atom stereocenters. The first-order valence-corrected chi connectivity index (χ1v) is 14.1. The number of nitriles is 1. The summed E-state index contributed by atoms with van der Waals surface area (Å²) in [5, 5.41) is 9.65. The topological polar surface area (TPSA) is 104 Å². The van der Waals surface area contributed by atoms with Crippen molar-refractivity contribution >= 4 is 34.6 Å². The second-order valence-electron chi connectivity index (χ2n) is 11.0. The second-order valence-corrected chi connectivity index (χ2v) is 11.9. The lowest BCUT2D eigenvalue weighted by Crippen LogP contribution is -2.43. The number of nitrogens with zero attached hydrogens (tertiary/aromatic N) is 3. The van der Waals surface area contributed by atoms with Crippen LogP contribution < -0.4 is 14.6 Å². The fraction of sp³-hybridized carbons (Fsp3) is 0.433. The van der Waals surface area contributed by atoms with E-state index in [-0.39, 0.29) is 18.7 Å². The van der Waals surface area contributed by atoms with Crippen LogP contribution in [0.15, 0.2) is 42.6 Å². The number of fused-ring (bicyclic) bond motifs is 1. The molecule has 0 radical (unpaired) electrons. The molecule has 1 N–H and O–H groups in total. The zero-order valence-corrected chi connectivity index (χ0v) is 24.6. The van der Waals surface area contributed by atoms with Crippen LogP contribution >= 0.6 is 11.9 Å². The number of rotatable bonds is 7. The molecule has 0 aromatic heterocycles. The average Bonchev–Trinajstić information content (AvgIpc) is 3.40. The van der Waals surface area contributed by atoms with Crippen LogP contribution in [0.5, 0.6) is 5.75 Å². The highest BCUT2D eigenvalue weighted by Crippen LogP contribution is 2.44. The van der Waals surface area contributed by atoms with Crippen LogP contribution in [0.4, 0.5) is 10.5 Å². The average molecular weight is 565 g/mol. The minimum Gasteiger partial charge on any atom is -0.490 e. The lowest BCUT2D eigenvalue weighted by atomic mass is 9.86. The van der Waals surface area contributed by atoms with Crippen molar-refractivity contribution in [1.29, 1.82) is 5.26 Å². The molecule has 2 aromatic carbocycles. The molecule has 0 fully saturated rings. The second kappa shape index (κ2) is 12.1. The largest absolute Gasteiger partial charge is 0.490 e. The minimum atomic E-state index is -0.701. The molecule has 1 heterocycles. The van der Waals surface area contributed by atoms with Crippen LogP contribution in [0, 0.1) is 11.3 Å². The molecule has 212 valence electrons. The first kappa shape index (κ1) is 29.2.